The fraction of sp³-hybridized carbons (Fsp3) is 0.500. The molecule has 0 radical (unpaired) electrons. The van der Waals surface area contributed by atoms with E-state index >= 15 is 0 Å². The van der Waals surface area contributed by atoms with Crippen LogP contribution in [0.1, 0.15) is 37.7 Å². The molecule has 5 heteroatoms. The highest BCUT2D eigenvalue weighted by molar-refractivity contribution is 7.09. The summed E-state index contributed by atoms with van der Waals surface area (Å²) in [6.07, 6.45) is 7.84. The van der Waals surface area contributed by atoms with Gasteiger partial charge in [0.15, 0.2) is 0 Å². The molecule has 0 saturated heterocycles. The molecular formula is C12H18N4S. The maximum absolute atomic E-state index is 4.41. The van der Waals surface area contributed by atoms with Gasteiger partial charge >= 0.3 is 0 Å². The molecule has 2 aromatic heterocycles. The minimum absolute atomic E-state index is 0.289. The average Bonchev–Trinajstić information content (AvgIpc) is 2.99. The lowest BCUT2D eigenvalue weighted by Gasteiger charge is -2.17. The Kier molecular flexibility index (Phi) is 4.14. The molecule has 17 heavy (non-hydrogen) atoms. The highest BCUT2D eigenvalue weighted by Crippen LogP contribution is 2.26. The van der Waals surface area contributed by atoms with Crippen LogP contribution in [-0.2, 0) is 0 Å². The van der Waals surface area contributed by atoms with E-state index in [4.69, 9.17) is 0 Å². The summed E-state index contributed by atoms with van der Waals surface area (Å²) in [5.41, 5.74) is 0. The molecule has 2 aromatic rings. The Balaban J connectivity index is 2.22. The Bertz CT molecular complexity index is 435. The number of imidazole rings is 1. The molecule has 1 unspecified atom stereocenters. The topological polar surface area (TPSA) is 42.7 Å². The first-order valence-corrected chi connectivity index (χ1v) is 6.90. The van der Waals surface area contributed by atoms with Gasteiger partial charge in [0.1, 0.15) is 5.01 Å². The van der Waals surface area contributed by atoms with E-state index in [1.54, 1.807) is 11.3 Å². The SMILES string of the molecule is CCCNc1nccn1C(CC)c1nccs1. The van der Waals surface area contributed by atoms with Crippen LogP contribution in [0.3, 0.4) is 0 Å². The molecule has 0 bridgehead atoms. The van der Waals surface area contributed by atoms with Crippen LogP contribution >= 0.6 is 11.3 Å². The monoisotopic (exact) mass is 250 g/mol. The third-order valence-electron chi connectivity index (χ3n) is 2.66. The van der Waals surface area contributed by atoms with Gasteiger partial charge in [0, 0.05) is 30.5 Å². The van der Waals surface area contributed by atoms with Gasteiger partial charge in [0.05, 0.1) is 6.04 Å². The van der Waals surface area contributed by atoms with Crippen LogP contribution in [0.15, 0.2) is 24.0 Å². The Morgan fingerprint density at radius 1 is 1.35 bits per heavy atom. The fourth-order valence-corrected chi connectivity index (χ4v) is 2.65. The van der Waals surface area contributed by atoms with Crippen LogP contribution in [0.5, 0.6) is 0 Å². The summed E-state index contributed by atoms with van der Waals surface area (Å²) in [4.78, 5) is 8.77. The van der Waals surface area contributed by atoms with Crippen molar-refractivity contribution in [1.82, 2.24) is 14.5 Å². The largest absolute Gasteiger partial charge is 0.356 e. The second-order valence-corrected chi connectivity index (χ2v) is 4.81. The fourth-order valence-electron chi connectivity index (χ4n) is 1.83. The van der Waals surface area contributed by atoms with Gasteiger partial charge in [-0.2, -0.15) is 0 Å². The van der Waals surface area contributed by atoms with E-state index in [0.717, 1.165) is 30.3 Å². The lowest BCUT2D eigenvalue weighted by Crippen LogP contribution is -2.13. The molecule has 0 fully saturated rings. The first kappa shape index (κ1) is 12.1. The van der Waals surface area contributed by atoms with Gasteiger partial charge in [-0.3, -0.25) is 0 Å². The lowest BCUT2D eigenvalue weighted by molar-refractivity contribution is 0.567. The Labute approximate surface area is 106 Å². The molecule has 2 rings (SSSR count). The first-order chi connectivity index (χ1) is 8.36. The van der Waals surface area contributed by atoms with Gasteiger partial charge in [-0.15, -0.1) is 11.3 Å². The van der Waals surface area contributed by atoms with Crippen molar-refractivity contribution < 1.29 is 0 Å². The lowest BCUT2D eigenvalue weighted by atomic mass is 10.2. The Morgan fingerprint density at radius 3 is 2.88 bits per heavy atom. The second kappa shape index (κ2) is 5.82. The van der Waals surface area contributed by atoms with Crippen LogP contribution in [0.2, 0.25) is 0 Å². The Hall–Kier alpha value is -1.36. The molecule has 0 aromatic carbocycles. The highest BCUT2D eigenvalue weighted by Gasteiger charge is 2.16. The molecule has 2 heterocycles. The van der Waals surface area contributed by atoms with Crippen molar-refractivity contribution in [3.63, 3.8) is 0 Å². The van der Waals surface area contributed by atoms with Crippen LogP contribution in [0.4, 0.5) is 5.95 Å². The standard InChI is InChI=1S/C12H18N4S/c1-3-5-14-12-15-6-8-16(12)10(4-2)11-13-7-9-17-11/h6-10H,3-5H2,1-2H3,(H,14,15). The number of aromatic nitrogens is 3. The zero-order valence-electron chi connectivity index (χ0n) is 10.3. The van der Waals surface area contributed by atoms with Crippen molar-refractivity contribution in [2.24, 2.45) is 0 Å². The minimum atomic E-state index is 0.289. The predicted octanol–water partition coefficient (Wildman–Crippen LogP) is 3.16. The summed E-state index contributed by atoms with van der Waals surface area (Å²) < 4.78 is 2.18. The van der Waals surface area contributed by atoms with Gasteiger partial charge in [0.25, 0.3) is 0 Å². The molecule has 0 amide bonds. The summed E-state index contributed by atoms with van der Waals surface area (Å²) >= 11 is 1.70. The summed E-state index contributed by atoms with van der Waals surface area (Å²) in [6, 6.07) is 0.289. The molecule has 4 nitrogen and oxygen atoms in total. The van der Waals surface area contributed by atoms with E-state index in [0.29, 0.717) is 0 Å². The molecule has 0 aliphatic rings. The summed E-state index contributed by atoms with van der Waals surface area (Å²) in [7, 11) is 0. The molecule has 0 saturated carbocycles. The molecule has 0 aliphatic heterocycles. The first-order valence-electron chi connectivity index (χ1n) is 6.02. The van der Waals surface area contributed by atoms with Crippen LogP contribution in [-0.4, -0.2) is 21.1 Å². The number of anilines is 1. The van der Waals surface area contributed by atoms with Crippen molar-refractivity contribution >= 4 is 17.3 Å². The molecule has 1 atom stereocenters. The predicted molar refractivity (Wildman–Crippen MR) is 71.6 cm³/mol. The summed E-state index contributed by atoms with van der Waals surface area (Å²) in [5, 5.41) is 6.51. The van der Waals surface area contributed by atoms with Crippen LogP contribution in [0, 0.1) is 0 Å². The van der Waals surface area contributed by atoms with Gasteiger partial charge < -0.3 is 9.88 Å². The second-order valence-electron chi connectivity index (χ2n) is 3.88. The van der Waals surface area contributed by atoms with Crippen LogP contribution < -0.4 is 5.32 Å². The summed E-state index contributed by atoms with van der Waals surface area (Å²) in [5.74, 6) is 0.939. The third-order valence-corrected chi connectivity index (χ3v) is 3.54. The van der Waals surface area contributed by atoms with Crippen molar-refractivity contribution in [2.45, 2.75) is 32.7 Å². The van der Waals surface area contributed by atoms with Crippen molar-refractivity contribution in [2.75, 3.05) is 11.9 Å². The normalized spacial score (nSPS) is 12.6. The van der Waals surface area contributed by atoms with E-state index in [1.807, 2.05) is 24.0 Å². The number of nitrogens with zero attached hydrogens (tertiary/aromatic N) is 3. The van der Waals surface area contributed by atoms with E-state index in [-0.39, 0.29) is 6.04 Å². The van der Waals surface area contributed by atoms with E-state index in [9.17, 15) is 0 Å². The maximum Gasteiger partial charge on any atom is 0.203 e. The van der Waals surface area contributed by atoms with Gasteiger partial charge in [-0.1, -0.05) is 13.8 Å². The zero-order valence-corrected chi connectivity index (χ0v) is 11.1. The van der Waals surface area contributed by atoms with E-state index in [2.05, 4.69) is 33.7 Å². The average molecular weight is 250 g/mol. The quantitative estimate of drug-likeness (QED) is 0.856. The molecule has 0 aliphatic carbocycles. The molecule has 1 N–H and O–H groups in total. The van der Waals surface area contributed by atoms with Crippen molar-refractivity contribution in [3.8, 4) is 0 Å². The number of nitrogens with one attached hydrogen (secondary N) is 1. The van der Waals surface area contributed by atoms with Crippen molar-refractivity contribution in [3.05, 3.63) is 29.0 Å². The third kappa shape index (κ3) is 2.66. The zero-order chi connectivity index (χ0) is 12.1. The molecule has 92 valence electrons. The van der Waals surface area contributed by atoms with Gasteiger partial charge in [-0.25, -0.2) is 9.97 Å². The summed E-state index contributed by atoms with van der Waals surface area (Å²) in [6.45, 7) is 5.28. The molecular weight excluding hydrogens is 232 g/mol. The number of rotatable bonds is 6. The van der Waals surface area contributed by atoms with Gasteiger partial charge in [0.2, 0.25) is 5.95 Å². The number of hydrogen-bond donors (Lipinski definition) is 1. The van der Waals surface area contributed by atoms with Gasteiger partial charge in [-0.05, 0) is 12.8 Å². The minimum Gasteiger partial charge on any atom is -0.356 e. The highest BCUT2D eigenvalue weighted by atomic mass is 32.1. The van der Waals surface area contributed by atoms with E-state index in [1.165, 1.54) is 0 Å². The van der Waals surface area contributed by atoms with Crippen LogP contribution in [0.25, 0.3) is 0 Å². The Morgan fingerprint density at radius 2 is 2.24 bits per heavy atom. The maximum atomic E-state index is 4.41. The van der Waals surface area contributed by atoms with Crippen molar-refractivity contribution in [1.29, 1.82) is 0 Å². The van der Waals surface area contributed by atoms with E-state index < -0.39 is 0 Å². The smallest absolute Gasteiger partial charge is 0.203 e. The molecule has 0 spiro atoms. The number of hydrogen-bond acceptors (Lipinski definition) is 4. The number of thiazole rings is 1.